The summed E-state index contributed by atoms with van der Waals surface area (Å²) in [6.07, 6.45) is 1.28. The minimum absolute atomic E-state index is 0.107. The predicted octanol–water partition coefficient (Wildman–Crippen LogP) is 1.94. The minimum atomic E-state index is -0.381. The smallest absolute Gasteiger partial charge is 0.230 e. The molecule has 0 bridgehead atoms. The van der Waals surface area contributed by atoms with Gasteiger partial charge in [0, 0.05) is 25.9 Å². The fourth-order valence-electron chi connectivity index (χ4n) is 2.57. The molecule has 0 unspecified atom stereocenters. The Labute approximate surface area is 168 Å². The van der Waals surface area contributed by atoms with Crippen LogP contribution in [0.2, 0.25) is 0 Å². The maximum Gasteiger partial charge on any atom is 0.230 e. The molecule has 3 N–H and O–H groups in total. The molecule has 1 heterocycles. The molecule has 7 nitrogen and oxygen atoms in total. The number of nitrogens with zero attached hydrogens (tertiary/aromatic N) is 3. The lowest BCUT2D eigenvalue weighted by atomic mass is 10.1. The van der Waals surface area contributed by atoms with Gasteiger partial charge in [-0.05, 0) is 30.0 Å². The van der Waals surface area contributed by atoms with Crippen LogP contribution in [-0.2, 0) is 29.0 Å². The number of hydrogen-bond acceptors (Lipinski definition) is 5. The number of hydrogen-bond donors (Lipinski definition) is 2. The predicted molar refractivity (Wildman–Crippen MR) is 106 cm³/mol. The number of aryl methyl sites for hydroxylation is 1. The van der Waals surface area contributed by atoms with Crippen molar-refractivity contribution in [2.24, 2.45) is 11.7 Å². The number of aromatic nitrogens is 3. The molecule has 2 aromatic rings. The highest BCUT2D eigenvalue weighted by Gasteiger charge is 2.15. The molecule has 1 aromatic heterocycles. The standard InChI is InChI=1S/C19H26FN5O2S/c1-13(2)11-25-17(8-7-16(21)26)23-24-19(25)28-12-18(27)22-10-9-14-3-5-15(20)6-4-14/h3-6,13H,7-12H2,1-2H3,(H2,21,26)(H,22,27). The van der Waals surface area contributed by atoms with Crippen LogP contribution in [0.1, 0.15) is 31.7 Å². The van der Waals surface area contributed by atoms with Gasteiger partial charge in [0.05, 0.1) is 5.75 Å². The number of halogens is 1. The molecular formula is C19H26FN5O2S. The van der Waals surface area contributed by atoms with E-state index < -0.39 is 0 Å². The Balaban J connectivity index is 1.85. The summed E-state index contributed by atoms with van der Waals surface area (Å²) in [5.74, 6) is 0.526. The Morgan fingerprint density at radius 1 is 1.21 bits per heavy atom. The summed E-state index contributed by atoms with van der Waals surface area (Å²) < 4.78 is 14.8. The number of nitrogens with two attached hydrogens (primary N) is 1. The molecule has 0 spiro atoms. The van der Waals surface area contributed by atoms with E-state index in [4.69, 9.17) is 5.73 Å². The molecule has 0 saturated carbocycles. The van der Waals surface area contributed by atoms with E-state index in [1.54, 1.807) is 12.1 Å². The van der Waals surface area contributed by atoms with Crippen LogP contribution in [0.15, 0.2) is 29.4 Å². The third-order valence-corrected chi connectivity index (χ3v) is 4.88. The number of carbonyl (C=O) groups is 2. The molecular weight excluding hydrogens is 381 g/mol. The Hall–Kier alpha value is -2.42. The lowest BCUT2D eigenvalue weighted by Gasteiger charge is -2.12. The molecule has 0 atom stereocenters. The highest BCUT2D eigenvalue weighted by molar-refractivity contribution is 7.99. The summed E-state index contributed by atoms with van der Waals surface area (Å²) in [7, 11) is 0. The topological polar surface area (TPSA) is 103 Å². The van der Waals surface area contributed by atoms with E-state index in [-0.39, 0.29) is 29.8 Å². The van der Waals surface area contributed by atoms with Crippen LogP contribution in [-0.4, -0.2) is 38.9 Å². The van der Waals surface area contributed by atoms with Crippen molar-refractivity contribution in [2.75, 3.05) is 12.3 Å². The Kier molecular flexibility index (Phi) is 8.43. The Morgan fingerprint density at radius 3 is 2.57 bits per heavy atom. The second kappa shape index (κ2) is 10.8. The number of amides is 2. The number of benzene rings is 1. The Morgan fingerprint density at radius 2 is 1.93 bits per heavy atom. The minimum Gasteiger partial charge on any atom is -0.370 e. The van der Waals surface area contributed by atoms with Crippen LogP contribution in [0, 0.1) is 11.7 Å². The summed E-state index contributed by atoms with van der Waals surface area (Å²) in [6.45, 7) is 5.34. The molecule has 0 aliphatic carbocycles. The largest absolute Gasteiger partial charge is 0.370 e. The lowest BCUT2D eigenvalue weighted by molar-refractivity contribution is -0.119. The number of primary amides is 1. The van der Waals surface area contributed by atoms with Crippen molar-refractivity contribution < 1.29 is 14.0 Å². The van der Waals surface area contributed by atoms with Crippen LogP contribution < -0.4 is 11.1 Å². The van der Waals surface area contributed by atoms with E-state index in [1.165, 1.54) is 23.9 Å². The van der Waals surface area contributed by atoms with Gasteiger partial charge in [-0.2, -0.15) is 0 Å². The zero-order valence-electron chi connectivity index (χ0n) is 16.2. The van der Waals surface area contributed by atoms with Gasteiger partial charge in [0.1, 0.15) is 11.6 Å². The molecule has 0 aliphatic heterocycles. The normalized spacial score (nSPS) is 11.0. The molecule has 28 heavy (non-hydrogen) atoms. The molecule has 2 amide bonds. The van der Waals surface area contributed by atoms with Crippen molar-refractivity contribution in [3.8, 4) is 0 Å². The van der Waals surface area contributed by atoms with Gasteiger partial charge in [0.25, 0.3) is 0 Å². The van der Waals surface area contributed by atoms with Gasteiger partial charge < -0.3 is 15.6 Å². The van der Waals surface area contributed by atoms with Crippen LogP contribution in [0.4, 0.5) is 4.39 Å². The highest BCUT2D eigenvalue weighted by atomic mass is 32.2. The molecule has 2 rings (SSSR count). The monoisotopic (exact) mass is 407 g/mol. The quantitative estimate of drug-likeness (QED) is 0.554. The first-order chi connectivity index (χ1) is 13.3. The van der Waals surface area contributed by atoms with E-state index >= 15 is 0 Å². The first-order valence-electron chi connectivity index (χ1n) is 9.19. The van der Waals surface area contributed by atoms with Gasteiger partial charge >= 0.3 is 0 Å². The Bertz CT molecular complexity index is 792. The van der Waals surface area contributed by atoms with Crippen molar-refractivity contribution in [1.82, 2.24) is 20.1 Å². The van der Waals surface area contributed by atoms with Gasteiger partial charge in [-0.15, -0.1) is 10.2 Å². The second-order valence-corrected chi connectivity index (χ2v) is 7.83. The summed E-state index contributed by atoms with van der Waals surface area (Å²) in [5, 5.41) is 11.8. The highest BCUT2D eigenvalue weighted by Crippen LogP contribution is 2.19. The van der Waals surface area contributed by atoms with Crippen LogP contribution in [0.3, 0.4) is 0 Å². The van der Waals surface area contributed by atoms with E-state index in [9.17, 15) is 14.0 Å². The molecule has 0 aliphatic rings. The molecule has 152 valence electrons. The van der Waals surface area contributed by atoms with E-state index in [0.29, 0.717) is 42.8 Å². The van der Waals surface area contributed by atoms with Crippen molar-refractivity contribution in [3.63, 3.8) is 0 Å². The van der Waals surface area contributed by atoms with Crippen molar-refractivity contribution in [2.45, 2.75) is 44.8 Å². The van der Waals surface area contributed by atoms with E-state index in [0.717, 1.165) is 5.56 Å². The zero-order valence-corrected chi connectivity index (χ0v) is 17.0. The number of thioether (sulfide) groups is 1. The van der Waals surface area contributed by atoms with Crippen LogP contribution in [0.5, 0.6) is 0 Å². The molecule has 0 fully saturated rings. The summed E-state index contributed by atoms with van der Waals surface area (Å²) in [5.41, 5.74) is 6.18. The first-order valence-corrected chi connectivity index (χ1v) is 10.2. The molecule has 0 radical (unpaired) electrons. The first kappa shape index (κ1) is 21.9. The van der Waals surface area contributed by atoms with Crippen LogP contribution >= 0.6 is 11.8 Å². The summed E-state index contributed by atoms with van der Waals surface area (Å²) in [4.78, 5) is 23.1. The third kappa shape index (κ3) is 7.30. The lowest BCUT2D eigenvalue weighted by Crippen LogP contribution is -2.27. The average molecular weight is 408 g/mol. The maximum absolute atomic E-state index is 12.9. The van der Waals surface area contributed by atoms with Gasteiger partial charge in [-0.25, -0.2) is 4.39 Å². The second-order valence-electron chi connectivity index (χ2n) is 6.88. The number of nitrogens with one attached hydrogen (secondary N) is 1. The van der Waals surface area contributed by atoms with Crippen molar-refractivity contribution >= 4 is 23.6 Å². The third-order valence-electron chi connectivity index (χ3n) is 3.92. The van der Waals surface area contributed by atoms with Crippen molar-refractivity contribution in [1.29, 1.82) is 0 Å². The maximum atomic E-state index is 12.9. The van der Waals surface area contributed by atoms with Gasteiger partial charge in [0.2, 0.25) is 11.8 Å². The SMILES string of the molecule is CC(C)Cn1c(CCC(N)=O)nnc1SCC(=O)NCCc1ccc(F)cc1. The van der Waals surface area contributed by atoms with Gasteiger partial charge in [0.15, 0.2) is 5.16 Å². The van der Waals surface area contributed by atoms with E-state index in [2.05, 4.69) is 29.4 Å². The van der Waals surface area contributed by atoms with Crippen LogP contribution in [0.25, 0.3) is 0 Å². The summed E-state index contributed by atoms with van der Waals surface area (Å²) in [6, 6.07) is 6.23. The molecule has 0 saturated heterocycles. The molecule has 1 aromatic carbocycles. The van der Waals surface area contributed by atoms with E-state index in [1.807, 2.05) is 4.57 Å². The number of carbonyl (C=O) groups excluding carboxylic acids is 2. The fraction of sp³-hybridized carbons (Fsp3) is 0.474. The number of rotatable bonds is 11. The fourth-order valence-corrected chi connectivity index (χ4v) is 3.37. The van der Waals surface area contributed by atoms with Gasteiger partial charge in [-0.3, -0.25) is 9.59 Å². The van der Waals surface area contributed by atoms with Gasteiger partial charge in [-0.1, -0.05) is 37.7 Å². The zero-order chi connectivity index (χ0) is 20.5. The average Bonchev–Trinajstić information content (AvgIpc) is 3.01. The molecule has 9 heteroatoms. The van der Waals surface area contributed by atoms with Crippen molar-refractivity contribution in [3.05, 3.63) is 41.5 Å². The summed E-state index contributed by atoms with van der Waals surface area (Å²) >= 11 is 1.31.